The summed E-state index contributed by atoms with van der Waals surface area (Å²) in [6.07, 6.45) is -2.01. The van der Waals surface area contributed by atoms with Gasteiger partial charge in [0.2, 0.25) is 0 Å². The summed E-state index contributed by atoms with van der Waals surface area (Å²) in [7, 11) is 1.28. The van der Waals surface area contributed by atoms with Gasteiger partial charge in [0.1, 0.15) is 5.75 Å². The molecule has 7 nitrogen and oxygen atoms in total. The molecule has 1 atom stereocenters. The topological polar surface area (TPSA) is 90.4 Å². The molecule has 1 heterocycles. The second-order valence-corrected chi connectivity index (χ2v) is 7.21. The van der Waals surface area contributed by atoms with E-state index in [2.05, 4.69) is 24.8 Å². The first-order chi connectivity index (χ1) is 15.6. The molecule has 2 aromatic carbocycles. The predicted molar refractivity (Wildman–Crippen MR) is 113 cm³/mol. The molecule has 0 bridgehead atoms. The number of methoxy groups -OCH3 is 1. The lowest BCUT2D eigenvalue weighted by molar-refractivity contribution is -0.274. The fourth-order valence-electron chi connectivity index (χ4n) is 3.00. The minimum absolute atomic E-state index is 0.0968. The standard InChI is InChI=1S/C22H17ClF3N3O4/c1-12(29-20(30)15-9-16(23)11-17(10-15)33-22(24,25)26)18-19(28-8-7-27-18)13-3-5-14(6-4-13)21(31)32-2/h3-12H,1-2H3,(H,29,30). The van der Waals surface area contributed by atoms with E-state index in [0.717, 1.165) is 12.1 Å². The normalized spacial score (nSPS) is 12.1. The van der Waals surface area contributed by atoms with E-state index < -0.39 is 30.0 Å². The molecule has 0 aliphatic carbocycles. The van der Waals surface area contributed by atoms with E-state index in [1.54, 1.807) is 31.2 Å². The molecule has 0 aliphatic rings. The highest BCUT2D eigenvalue weighted by molar-refractivity contribution is 6.31. The molecule has 33 heavy (non-hydrogen) atoms. The Morgan fingerprint density at radius 2 is 1.70 bits per heavy atom. The molecule has 172 valence electrons. The van der Waals surface area contributed by atoms with Crippen molar-refractivity contribution in [3.8, 4) is 17.0 Å². The zero-order chi connectivity index (χ0) is 24.2. The Labute approximate surface area is 191 Å². The summed E-state index contributed by atoms with van der Waals surface area (Å²) in [4.78, 5) is 32.9. The monoisotopic (exact) mass is 479 g/mol. The summed E-state index contributed by atoms with van der Waals surface area (Å²) >= 11 is 5.84. The highest BCUT2D eigenvalue weighted by atomic mass is 35.5. The Kier molecular flexibility index (Phi) is 7.17. The van der Waals surface area contributed by atoms with Crippen molar-refractivity contribution in [2.75, 3.05) is 7.11 Å². The maximum atomic E-state index is 12.7. The number of carbonyl (C=O) groups is 2. The summed E-state index contributed by atoms with van der Waals surface area (Å²) in [6.45, 7) is 1.64. The average molecular weight is 480 g/mol. The van der Waals surface area contributed by atoms with Gasteiger partial charge in [0.15, 0.2) is 0 Å². The van der Waals surface area contributed by atoms with Crippen molar-refractivity contribution in [3.63, 3.8) is 0 Å². The molecule has 1 N–H and O–H groups in total. The van der Waals surface area contributed by atoms with E-state index in [0.29, 0.717) is 22.5 Å². The highest BCUT2D eigenvalue weighted by Gasteiger charge is 2.31. The molecule has 1 aromatic heterocycles. The highest BCUT2D eigenvalue weighted by Crippen LogP contribution is 2.28. The molecular weight excluding hydrogens is 463 g/mol. The van der Waals surface area contributed by atoms with Crippen LogP contribution < -0.4 is 10.1 Å². The number of alkyl halides is 3. The largest absolute Gasteiger partial charge is 0.573 e. The summed E-state index contributed by atoms with van der Waals surface area (Å²) in [5, 5.41) is 2.57. The van der Waals surface area contributed by atoms with Crippen LogP contribution in [-0.2, 0) is 4.74 Å². The maximum Gasteiger partial charge on any atom is 0.573 e. The number of esters is 1. The molecule has 0 radical (unpaired) electrons. The van der Waals surface area contributed by atoms with Crippen molar-refractivity contribution < 1.29 is 32.2 Å². The van der Waals surface area contributed by atoms with Crippen LogP contribution in [0.1, 0.15) is 39.4 Å². The summed E-state index contributed by atoms with van der Waals surface area (Å²) in [6, 6.07) is 8.88. The van der Waals surface area contributed by atoms with Crippen LogP contribution >= 0.6 is 11.6 Å². The van der Waals surface area contributed by atoms with Crippen molar-refractivity contribution >= 4 is 23.5 Å². The van der Waals surface area contributed by atoms with Crippen molar-refractivity contribution in [2.24, 2.45) is 0 Å². The fourth-order valence-corrected chi connectivity index (χ4v) is 3.23. The Bertz CT molecular complexity index is 1170. The van der Waals surface area contributed by atoms with Crippen LogP contribution in [0.15, 0.2) is 54.9 Å². The SMILES string of the molecule is COC(=O)c1ccc(-c2nccnc2C(C)NC(=O)c2cc(Cl)cc(OC(F)(F)F)c2)cc1. The summed E-state index contributed by atoms with van der Waals surface area (Å²) in [5.74, 6) is -1.79. The van der Waals surface area contributed by atoms with Crippen LogP contribution in [0.3, 0.4) is 0 Å². The van der Waals surface area contributed by atoms with Gasteiger partial charge in [0.25, 0.3) is 5.91 Å². The van der Waals surface area contributed by atoms with Crippen LogP contribution in [0.5, 0.6) is 5.75 Å². The van der Waals surface area contributed by atoms with Gasteiger partial charge in [0, 0.05) is 28.5 Å². The van der Waals surface area contributed by atoms with Gasteiger partial charge < -0.3 is 14.8 Å². The number of nitrogens with zero attached hydrogens (tertiary/aromatic N) is 2. The zero-order valence-corrected chi connectivity index (χ0v) is 18.1. The number of nitrogens with one attached hydrogen (secondary N) is 1. The number of rotatable bonds is 6. The first-order valence-electron chi connectivity index (χ1n) is 9.44. The third kappa shape index (κ3) is 6.19. The lowest BCUT2D eigenvalue weighted by atomic mass is 10.0. The third-order valence-electron chi connectivity index (χ3n) is 4.43. The molecule has 0 saturated heterocycles. The molecule has 0 fully saturated rings. The zero-order valence-electron chi connectivity index (χ0n) is 17.3. The molecule has 11 heteroatoms. The van der Waals surface area contributed by atoms with Crippen molar-refractivity contribution in [1.29, 1.82) is 0 Å². The van der Waals surface area contributed by atoms with E-state index >= 15 is 0 Å². The number of aromatic nitrogens is 2. The van der Waals surface area contributed by atoms with Crippen LogP contribution in [0.25, 0.3) is 11.3 Å². The first kappa shape index (κ1) is 24.0. The molecule has 1 amide bonds. The van der Waals surface area contributed by atoms with E-state index in [4.69, 9.17) is 11.6 Å². The van der Waals surface area contributed by atoms with E-state index in [9.17, 15) is 22.8 Å². The number of hydrogen-bond donors (Lipinski definition) is 1. The molecule has 1 unspecified atom stereocenters. The maximum absolute atomic E-state index is 12.7. The van der Waals surface area contributed by atoms with Gasteiger partial charge in [-0.25, -0.2) is 4.79 Å². The van der Waals surface area contributed by atoms with Gasteiger partial charge in [-0.15, -0.1) is 13.2 Å². The second kappa shape index (κ2) is 9.86. The number of hydrogen-bond acceptors (Lipinski definition) is 6. The van der Waals surface area contributed by atoms with Crippen LogP contribution in [-0.4, -0.2) is 35.3 Å². The molecule has 0 saturated carbocycles. The van der Waals surface area contributed by atoms with Gasteiger partial charge in [-0.3, -0.25) is 14.8 Å². The van der Waals surface area contributed by atoms with Crippen molar-refractivity contribution in [2.45, 2.75) is 19.3 Å². The molecule has 0 spiro atoms. The Morgan fingerprint density at radius 3 is 2.33 bits per heavy atom. The van der Waals surface area contributed by atoms with Crippen LogP contribution in [0.4, 0.5) is 13.2 Å². The number of ether oxygens (including phenoxy) is 2. The first-order valence-corrected chi connectivity index (χ1v) is 9.82. The minimum Gasteiger partial charge on any atom is -0.465 e. The van der Waals surface area contributed by atoms with Crippen LogP contribution in [0, 0.1) is 0 Å². The number of halogens is 4. The quantitative estimate of drug-likeness (QED) is 0.502. The van der Waals surface area contributed by atoms with Gasteiger partial charge in [0.05, 0.1) is 30.1 Å². The second-order valence-electron chi connectivity index (χ2n) is 6.78. The fraction of sp³-hybridized carbons (Fsp3) is 0.182. The molecule has 0 aliphatic heterocycles. The van der Waals surface area contributed by atoms with Crippen LogP contribution in [0.2, 0.25) is 5.02 Å². The number of benzene rings is 2. The summed E-state index contributed by atoms with van der Waals surface area (Å²) < 4.78 is 46.1. The van der Waals surface area contributed by atoms with Crippen molar-refractivity contribution in [1.82, 2.24) is 15.3 Å². The van der Waals surface area contributed by atoms with Gasteiger partial charge in [-0.2, -0.15) is 0 Å². The smallest absolute Gasteiger partial charge is 0.465 e. The molecule has 3 rings (SSSR count). The average Bonchev–Trinajstić information content (AvgIpc) is 2.77. The lowest BCUT2D eigenvalue weighted by Gasteiger charge is -2.17. The third-order valence-corrected chi connectivity index (χ3v) is 4.65. The lowest BCUT2D eigenvalue weighted by Crippen LogP contribution is -2.28. The van der Waals surface area contributed by atoms with Gasteiger partial charge >= 0.3 is 12.3 Å². The molecule has 3 aromatic rings. The van der Waals surface area contributed by atoms with Gasteiger partial charge in [-0.05, 0) is 37.3 Å². The van der Waals surface area contributed by atoms with E-state index in [1.807, 2.05) is 0 Å². The van der Waals surface area contributed by atoms with E-state index in [-0.39, 0.29) is 10.6 Å². The molecular formula is C22H17ClF3N3O4. The Hall–Kier alpha value is -3.66. The Balaban J connectivity index is 1.84. The minimum atomic E-state index is -4.93. The van der Waals surface area contributed by atoms with Crippen molar-refractivity contribution in [3.05, 3.63) is 76.7 Å². The van der Waals surface area contributed by atoms with E-state index in [1.165, 1.54) is 25.6 Å². The predicted octanol–water partition coefficient (Wildman–Crippen LogP) is 4.97. The number of amides is 1. The summed E-state index contributed by atoms with van der Waals surface area (Å²) in [5.41, 5.74) is 1.72. The Morgan fingerprint density at radius 1 is 1.03 bits per heavy atom. The van der Waals surface area contributed by atoms with Gasteiger partial charge in [-0.1, -0.05) is 23.7 Å². The number of carbonyl (C=O) groups excluding carboxylic acids is 2.